The van der Waals surface area contributed by atoms with Crippen LogP contribution in [0.2, 0.25) is 0 Å². The number of carbonyl (C=O) groups excluding carboxylic acids is 1. The Hall–Kier alpha value is -2.73. The van der Waals surface area contributed by atoms with Crippen LogP contribution < -0.4 is 15.0 Å². The summed E-state index contributed by atoms with van der Waals surface area (Å²) in [6.07, 6.45) is 0. The summed E-state index contributed by atoms with van der Waals surface area (Å²) in [5.74, 6) is -0.338. The second kappa shape index (κ2) is 8.79. The van der Waals surface area contributed by atoms with E-state index < -0.39 is 15.9 Å². The number of morpholine rings is 1. The highest BCUT2D eigenvalue weighted by molar-refractivity contribution is 7.89. The van der Waals surface area contributed by atoms with E-state index in [4.69, 9.17) is 9.47 Å². The van der Waals surface area contributed by atoms with Gasteiger partial charge in [-0.05, 0) is 30.3 Å². The van der Waals surface area contributed by atoms with Gasteiger partial charge >= 0.3 is 0 Å². The second-order valence-corrected chi connectivity index (χ2v) is 9.76. The summed E-state index contributed by atoms with van der Waals surface area (Å²) in [6, 6.07) is 12.1. The first kappa shape index (κ1) is 21.5. The fourth-order valence-corrected chi connectivity index (χ4v) is 5.87. The van der Waals surface area contributed by atoms with Gasteiger partial charge in [-0.1, -0.05) is 23.5 Å². The van der Waals surface area contributed by atoms with E-state index >= 15 is 0 Å². The molecule has 3 aromatic rings. The first-order chi connectivity index (χ1) is 14.9. The predicted octanol–water partition coefficient (Wildman–Crippen LogP) is 1.51. The standard InChI is InChI=1S/C20H22N4O5S2/c1-23-15-5-3-4-6-17(15)30-20(23)22-21-19(25)14-7-8-16(28-2)18(13-14)31(26,27)24-9-11-29-12-10-24/h3-8,13H,9-12H2,1-2H3,(H,21,25)/b22-20+. The minimum Gasteiger partial charge on any atom is -0.495 e. The molecule has 9 nitrogen and oxygen atoms in total. The van der Waals surface area contributed by atoms with Crippen molar-refractivity contribution < 1.29 is 22.7 Å². The Bertz CT molecular complexity index is 1290. The number of nitrogens with zero attached hydrogens (tertiary/aromatic N) is 3. The molecule has 1 aliphatic heterocycles. The maximum Gasteiger partial charge on any atom is 0.271 e. The molecule has 0 saturated carbocycles. The quantitative estimate of drug-likeness (QED) is 0.579. The molecule has 0 aliphatic carbocycles. The third kappa shape index (κ3) is 4.22. The molecule has 1 fully saturated rings. The fraction of sp³-hybridized carbons (Fsp3) is 0.300. The zero-order valence-electron chi connectivity index (χ0n) is 17.1. The Morgan fingerprint density at radius 2 is 1.94 bits per heavy atom. The van der Waals surface area contributed by atoms with Gasteiger partial charge in [0.05, 0.1) is 30.5 Å². The number of sulfonamides is 1. The van der Waals surface area contributed by atoms with Gasteiger partial charge in [0.2, 0.25) is 14.8 Å². The number of methoxy groups -OCH3 is 1. The molecule has 2 heterocycles. The van der Waals surface area contributed by atoms with E-state index in [0.717, 1.165) is 10.2 Å². The van der Waals surface area contributed by atoms with Crippen molar-refractivity contribution in [1.29, 1.82) is 0 Å². The molecule has 1 N–H and O–H groups in total. The van der Waals surface area contributed by atoms with Gasteiger partial charge in [0.15, 0.2) is 0 Å². The molecule has 1 aliphatic rings. The van der Waals surface area contributed by atoms with Gasteiger partial charge in [-0.15, -0.1) is 5.10 Å². The van der Waals surface area contributed by atoms with E-state index in [1.807, 2.05) is 35.9 Å². The maximum absolute atomic E-state index is 13.1. The fourth-order valence-electron chi connectivity index (χ4n) is 3.30. The van der Waals surface area contributed by atoms with Crippen molar-refractivity contribution in [2.75, 3.05) is 33.4 Å². The number of aryl methyl sites for hydroxylation is 1. The van der Waals surface area contributed by atoms with E-state index in [1.165, 1.54) is 41.0 Å². The Balaban J connectivity index is 1.64. The third-order valence-electron chi connectivity index (χ3n) is 4.98. The summed E-state index contributed by atoms with van der Waals surface area (Å²) in [5.41, 5.74) is 3.69. The van der Waals surface area contributed by atoms with Crippen molar-refractivity contribution in [1.82, 2.24) is 14.3 Å². The van der Waals surface area contributed by atoms with Gasteiger partial charge in [-0.2, -0.15) is 4.31 Å². The Morgan fingerprint density at radius 3 is 2.65 bits per heavy atom. The number of nitrogens with one attached hydrogen (secondary N) is 1. The molecule has 0 atom stereocenters. The lowest BCUT2D eigenvalue weighted by atomic mass is 10.2. The number of hydrogen-bond donors (Lipinski definition) is 1. The summed E-state index contributed by atoms with van der Waals surface area (Å²) >= 11 is 1.44. The molecule has 164 valence electrons. The van der Waals surface area contributed by atoms with Crippen LogP contribution in [0, 0.1) is 0 Å². The van der Waals surface area contributed by atoms with Crippen molar-refractivity contribution in [3.8, 4) is 5.75 Å². The van der Waals surface area contributed by atoms with Crippen LogP contribution in [0.25, 0.3) is 10.2 Å². The number of amides is 1. The van der Waals surface area contributed by atoms with Gasteiger partial charge < -0.3 is 14.0 Å². The van der Waals surface area contributed by atoms with Gasteiger partial charge in [-0.25, -0.2) is 13.8 Å². The number of fused-ring (bicyclic) bond motifs is 1. The Labute approximate surface area is 183 Å². The highest BCUT2D eigenvalue weighted by Crippen LogP contribution is 2.28. The Kier molecular flexibility index (Phi) is 6.10. The van der Waals surface area contributed by atoms with Gasteiger partial charge in [-0.3, -0.25) is 4.79 Å². The first-order valence-electron chi connectivity index (χ1n) is 9.56. The van der Waals surface area contributed by atoms with E-state index in [-0.39, 0.29) is 29.3 Å². The van der Waals surface area contributed by atoms with Crippen LogP contribution in [0.5, 0.6) is 5.75 Å². The van der Waals surface area contributed by atoms with Crippen molar-refractivity contribution in [2.45, 2.75) is 4.90 Å². The number of carbonyl (C=O) groups is 1. The van der Waals surface area contributed by atoms with Crippen molar-refractivity contribution in [3.05, 3.63) is 52.8 Å². The highest BCUT2D eigenvalue weighted by atomic mass is 32.2. The van der Waals surface area contributed by atoms with Crippen LogP contribution in [0.3, 0.4) is 0 Å². The average Bonchev–Trinajstić information content (AvgIpc) is 3.13. The number of para-hydroxylation sites is 1. The predicted molar refractivity (Wildman–Crippen MR) is 116 cm³/mol. The minimum absolute atomic E-state index is 0.0584. The molecular formula is C20H22N4O5S2. The molecule has 4 rings (SSSR count). The lowest BCUT2D eigenvalue weighted by Crippen LogP contribution is -2.40. The topological polar surface area (TPSA) is 102 Å². The van der Waals surface area contributed by atoms with Crippen LogP contribution in [0.15, 0.2) is 52.5 Å². The summed E-state index contributed by atoms with van der Waals surface area (Å²) in [7, 11) is -0.578. The summed E-state index contributed by atoms with van der Waals surface area (Å²) in [4.78, 5) is 13.3. The van der Waals surface area contributed by atoms with E-state index in [2.05, 4.69) is 10.5 Å². The third-order valence-corrected chi connectivity index (χ3v) is 8.01. The SMILES string of the molecule is COc1ccc(C(=O)N/N=c2/sc3ccccc3n2C)cc1S(=O)(=O)N1CCOCC1. The van der Waals surface area contributed by atoms with Crippen molar-refractivity contribution >= 4 is 37.5 Å². The zero-order chi connectivity index (χ0) is 22.0. The maximum atomic E-state index is 13.1. The largest absolute Gasteiger partial charge is 0.495 e. The molecule has 1 saturated heterocycles. The molecule has 0 spiro atoms. The van der Waals surface area contributed by atoms with Crippen LogP contribution in [-0.4, -0.2) is 56.6 Å². The number of aromatic nitrogens is 1. The monoisotopic (exact) mass is 462 g/mol. The molecular weight excluding hydrogens is 440 g/mol. The van der Waals surface area contributed by atoms with E-state index in [9.17, 15) is 13.2 Å². The van der Waals surface area contributed by atoms with Gasteiger partial charge in [0.1, 0.15) is 10.6 Å². The highest BCUT2D eigenvalue weighted by Gasteiger charge is 2.30. The number of hydrogen-bond acceptors (Lipinski definition) is 7. The normalized spacial score (nSPS) is 15.9. The number of rotatable bonds is 5. The second-order valence-electron chi connectivity index (χ2n) is 6.85. The smallest absolute Gasteiger partial charge is 0.271 e. The van der Waals surface area contributed by atoms with E-state index in [0.29, 0.717) is 18.0 Å². The van der Waals surface area contributed by atoms with Crippen LogP contribution in [-0.2, 0) is 21.8 Å². The number of benzene rings is 2. The summed E-state index contributed by atoms with van der Waals surface area (Å²) in [6.45, 7) is 1.15. The van der Waals surface area contributed by atoms with Crippen molar-refractivity contribution in [3.63, 3.8) is 0 Å². The minimum atomic E-state index is -3.84. The van der Waals surface area contributed by atoms with Crippen molar-refractivity contribution in [2.24, 2.45) is 12.1 Å². The molecule has 0 bridgehead atoms. The molecule has 2 aromatic carbocycles. The number of ether oxygens (including phenoxy) is 2. The lowest BCUT2D eigenvalue weighted by Gasteiger charge is -2.26. The van der Waals surface area contributed by atoms with Gasteiger partial charge in [0, 0.05) is 25.7 Å². The average molecular weight is 463 g/mol. The lowest BCUT2D eigenvalue weighted by molar-refractivity contribution is 0.0729. The van der Waals surface area contributed by atoms with Crippen LogP contribution in [0.1, 0.15) is 10.4 Å². The number of thiazole rings is 1. The molecule has 31 heavy (non-hydrogen) atoms. The first-order valence-corrected chi connectivity index (χ1v) is 11.8. The van der Waals surface area contributed by atoms with Crippen LogP contribution >= 0.6 is 11.3 Å². The Morgan fingerprint density at radius 1 is 1.19 bits per heavy atom. The van der Waals surface area contributed by atoms with Crippen LogP contribution in [0.4, 0.5) is 0 Å². The summed E-state index contributed by atoms with van der Waals surface area (Å²) < 4.78 is 40.9. The van der Waals surface area contributed by atoms with E-state index in [1.54, 1.807) is 0 Å². The molecule has 1 aromatic heterocycles. The molecule has 0 radical (unpaired) electrons. The summed E-state index contributed by atoms with van der Waals surface area (Å²) in [5, 5.41) is 4.22. The molecule has 0 unspecified atom stereocenters. The molecule has 1 amide bonds. The van der Waals surface area contributed by atoms with Gasteiger partial charge in [0.25, 0.3) is 5.91 Å². The molecule has 11 heteroatoms. The zero-order valence-corrected chi connectivity index (χ0v) is 18.7.